The van der Waals surface area contributed by atoms with E-state index in [0.29, 0.717) is 10.1 Å². The largest absolute Gasteiger partial charge is 0.394 e. The van der Waals surface area contributed by atoms with E-state index in [1.54, 1.807) is 23.9 Å². The summed E-state index contributed by atoms with van der Waals surface area (Å²) in [5.41, 5.74) is -0.293. The highest BCUT2D eigenvalue weighted by molar-refractivity contribution is 8.00. The zero-order valence-corrected chi connectivity index (χ0v) is 14.0. The fraction of sp³-hybridized carbons (Fsp3) is 0.571. The molecular weight excluding hydrogens is 294 g/mol. The predicted octanol–water partition coefficient (Wildman–Crippen LogP) is 1.93. The standard InChI is InChI=1S/C14H23NO3S2/c1-11(9-14(2,10-16)15-3)19-12-5-7-13(8-6-12)20(4,17)18/h5-8,11,15-16H,9-10H2,1-4H3. The molecule has 0 amide bonds. The van der Waals surface area contributed by atoms with Crippen molar-refractivity contribution in [2.24, 2.45) is 0 Å². The summed E-state index contributed by atoms with van der Waals surface area (Å²) in [5.74, 6) is 0. The summed E-state index contributed by atoms with van der Waals surface area (Å²) in [4.78, 5) is 1.37. The molecule has 2 unspecified atom stereocenters. The Kier molecular flexibility index (Phi) is 6.06. The maximum absolute atomic E-state index is 11.4. The minimum Gasteiger partial charge on any atom is -0.394 e. The van der Waals surface area contributed by atoms with Gasteiger partial charge in [0.2, 0.25) is 0 Å². The molecule has 0 saturated heterocycles. The molecule has 0 aliphatic carbocycles. The number of thioether (sulfide) groups is 1. The summed E-state index contributed by atoms with van der Waals surface area (Å²) in [6.07, 6.45) is 2.02. The third kappa shape index (κ3) is 5.09. The molecule has 0 fully saturated rings. The Bertz CT molecular complexity index is 522. The second kappa shape index (κ2) is 6.93. The first-order valence-corrected chi connectivity index (χ1v) is 9.24. The molecule has 0 aliphatic rings. The lowest BCUT2D eigenvalue weighted by Crippen LogP contribution is -2.45. The Balaban J connectivity index is 2.70. The maximum atomic E-state index is 11.4. The topological polar surface area (TPSA) is 66.4 Å². The van der Waals surface area contributed by atoms with Gasteiger partial charge >= 0.3 is 0 Å². The summed E-state index contributed by atoms with van der Waals surface area (Å²) in [5, 5.41) is 12.8. The fourth-order valence-electron chi connectivity index (χ4n) is 1.92. The van der Waals surface area contributed by atoms with Crippen molar-refractivity contribution in [3.05, 3.63) is 24.3 Å². The summed E-state index contributed by atoms with van der Waals surface area (Å²) in [7, 11) is -1.30. The molecule has 0 aliphatic heterocycles. The normalized spacial score (nSPS) is 16.6. The van der Waals surface area contributed by atoms with Gasteiger partial charge in [-0.15, -0.1) is 11.8 Å². The number of hydrogen-bond donors (Lipinski definition) is 2. The van der Waals surface area contributed by atoms with Crippen molar-refractivity contribution >= 4 is 21.6 Å². The Morgan fingerprint density at radius 2 is 1.90 bits per heavy atom. The van der Waals surface area contributed by atoms with E-state index in [1.165, 1.54) is 6.26 Å². The van der Waals surface area contributed by atoms with Crippen LogP contribution in [0.5, 0.6) is 0 Å². The van der Waals surface area contributed by atoms with Crippen molar-refractivity contribution in [1.29, 1.82) is 0 Å². The summed E-state index contributed by atoms with van der Waals surface area (Å²) >= 11 is 1.67. The van der Waals surface area contributed by atoms with Gasteiger partial charge in [0, 0.05) is 21.9 Å². The van der Waals surface area contributed by atoms with E-state index >= 15 is 0 Å². The fourth-order valence-corrected chi connectivity index (χ4v) is 3.76. The molecule has 1 aromatic carbocycles. The lowest BCUT2D eigenvalue weighted by Gasteiger charge is -2.29. The molecule has 6 heteroatoms. The van der Waals surface area contributed by atoms with E-state index in [1.807, 2.05) is 26.1 Å². The molecule has 0 aromatic heterocycles. The van der Waals surface area contributed by atoms with Crippen LogP contribution in [0.3, 0.4) is 0 Å². The first-order valence-electron chi connectivity index (χ1n) is 6.47. The molecule has 2 atom stereocenters. The third-order valence-electron chi connectivity index (χ3n) is 3.28. The minimum absolute atomic E-state index is 0.0847. The number of likely N-dealkylation sites (N-methyl/N-ethyl adjacent to an activating group) is 1. The Morgan fingerprint density at radius 1 is 1.35 bits per heavy atom. The summed E-state index contributed by atoms with van der Waals surface area (Å²) in [6.45, 7) is 4.17. The highest BCUT2D eigenvalue weighted by Crippen LogP contribution is 2.29. The Hall–Kier alpha value is -0.560. The molecule has 20 heavy (non-hydrogen) atoms. The summed E-state index contributed by atoms with van der Waals surface area (Å²) < 4.78 is 22.8. The SMILES string of the molecule is CNC(C)(CO)CC(C)Sc1ccc(S(C)(=O)=O)cc1. The zero-order valence-electron chi connectivity index (χ0n) is 12.4. The lowest BCUT2D eigenvalue weighted by molar-refractivity contribution is 0.174. The average Bonchev–Trinajstić information content (AvgIpc) is 2.38. The third-order valence-corrected chi connectivity index (χ3v) is 5.52. The van der Waals surface area contributed by atoms with Crippen LogP contribution in [0.25, 0.3) is 0 Å². The summed E-state index contributed by atoms with van der Waals surface area (Å²) in [6, 6.07) is 6.92. The van der Waals surface area contributed by atoms with Crippen molar-refractivity contribution < 1.29 is 13.5 Å². The second-order valence-electron chi connectivity index (χ2n) is 5.34. The van der Waals surface area contributed by atoms with Gasteiger partial charge in [-0.25, -0.2) is 8.42 Å². The number of benzene rings is 1. The van der Waals surface area contributed by atoms with Gasteiger partial charge in [-0.2, -0.15) is 0 Å². The molecule has 0 heterocycles. The number of hydrogen-bond acceptors (Lipinski definition) is 5. The average molecular weight is 317 g/mol. The number of aliphatic hydroxyl groups is 1. The molecule has 2 N–H and O–H groups in total. The molecule has 1 rings (SSSR count). The van der Waals surface area contributed by atoms with Crippen LogP contribution in [0.2, 0.25) is 0 Å². The van der Waals surface area contributed by atoms with Crippen LogP contribution in [-0.4, -0.2) is 44.2 Å². The van der Waals surface area contributed by atoms with E-state index in [4.69, 9.17) is 0 Å². The van der Waals surface area contributed by atoms with Gasteiger partial charge in [0.15, 0.2) is 9.84 Å². The van der Waals surface area contributed by atoms with Crippen LogP contribution in [0, 0.1) is 0 Å². The van der Waals surface area contributed by atoms with Crippen molar-refractivity contribution in [3.63, 3.8) is 0 Å². The Morgan fingerprint density at radius 3 is 2.30 bits per heavy atom. The number of sulfone groups is 1. The molecule has 1 aromatic rings. The quantitative estimate of drug-likeness (QED) is 0.752. The van der Waals surface area contributed by atoms with Gasteiger partial charge in [0.25, 0.3) is 0 Å². The van der Waals surface area contributed by atoms with Crippen LogP contribution < -0.4 is 5.32 Å². The van der Waals surface area contributed by atoms with Crippen molar-refractivity contribution in [1.82, 2.24) is 5.32 Å². The van der Waals surface area contributed by atoms with E-state index < -0.39 is 9.84 Å². The molecule has 4 nitrogen and oxygen atoms in total. The second-order valence-corrected chi connectivity index (χ2v) is 8.87. The van der Waals surface area contributed by atoms with Crippen LogP contribution in [0.4, 0.5) is 0 Å². The molecule has 0 bridgehead atoms. The van der Waals surface area contributed by atoms with Gasteiger partial charge in [-0.3, -0.25) is 0 Å². The highest BCUT2D eigenvalue weighted by Gasteiger charge is 2.24. The highest BCUT2D eigenvalue weighted by atomic mass is 32.2. The first-order chi connectivity index (χ1) is 9.20. The number of rotatable bonds is 7. The van der Waals surface area contributed by atoms with Crippen molar-refractivity contribution in [2.45, 2.75) is 40.8 Å². The smallest absolute Gasteiger partial charge is 0.175 e. The predicted molar refractivity (Wildman–Crippen MR) is 84.0 cm³/mol. The zero-order chi connectivity index (χ0) is 15.4. The van der Waals surface area contributed by atoms with Crippen LogP contribution in [-0.2, 0) is 9.84 Å². The van der Waals surface area contributed by atoms with Gasteiger partial charge in [-0.1, -0.05) is 6.92 Å². The number of aliphatic hydroxyl groups excluding tert-OH is 1. The monoisotopic (exact) mass is 317 g/mol. The minimum atomic E-state index is -3.14. The van der Waals surface area contributed by atoms with Crippen LogP contribution in [0.1, 0.15) is 20.3 Å². The molecule has 0 radical (unpaired) electrons. The van der Waals surface area contributed by atoms with Crippen LogP contribution in [0.15, 0.2) is 34.1 Å². The van der Waals surface area contributed by atoms with E-state index in [0.717, 1.165) is 11.3 Å². The maximum Gasteiger partial charge on any atom is 0.175 e. The van der Waals surface area contributed by atoms with Crippen LogP contribution >= 0.6 is 11.8 Å². The first kappa shape index (κ1) is 17.5. The van der Waals surface area contributed by atoms with Gasteiger partial charge in [-0.05, 0) is 44.7 Å². The molecular formula is C14H23NO3S2. The van der Waals surface area contributed by atoms with E-state index in [2.05, 4.69) is 12.2 Å². The van der Waals surface area contributed by atoms with E-state index in [9.17, 15) is 13.5 Å². The lowest BCUT2D eigenvalue weighted by atomic mass is 9.97. The Labute approximate surface area is 125 Å². The number of nitrogens with one attached hydrogen (secondary N) is 1. The van der Waals surface area contributed by atoms with E-state index in [-0.39, 0.29) is 12.1 Å². The van der Waals surface area contributed by atoms with Crippen molar-refractivity contribution in [2.75, 3.05) is 19.9 Å². The van der Waals surface area contributed by atoms with Gasteiger partial charge in [0.1, 0.15) is 0 Å². The molecule has 114 valence electrons. The molecule has 0 spiro atoms. The van der Waals surface area contributed by atoms with Crippen molar-refractivity contribution in [3.8, 4) is 0 Å². The van der Waals surface area contributed by atoms with Gasteiger partial charge < -0.3 is 10.4 Å². The molecule has 0 saturated carbocycles. The van der Waals surface area contributed by atoms with Gasteiger partial charge in [0.05, 0.1) is 11.5 Å².